The topological polar surface area (TPSA) is 453 Å². The number of hydrogen-bond donors (Lipinski definition) is 2. The average Bonchev–Trinajstić information content (AvgIpc) is 0.722. The third-order valence-electron chi connectivity index (χ3n) is 0. The van der Waals surface area contributed by atoms with E-state index in [1.165, 1.54) is 0 Å². The van der Waals surface area contributed by atoms with Crippen molar-refractivity contribution in [1.29, 1.82) is 0 Å². The predicted octanol–water partition coefficient (Wildman–Crippen LogP) is -10.6. The van der Waals surface area contributed by atoms with Gasteiger partial charge in [-0.1, -0.05) is 0 Å². The molecule has 0 saturated heterocycles. The Morgan fingerprint density at radius 3 is 0.444 bits per heavy atom. The van der Waals surface area contributed by atoms with Crippen LogP contribution >= 0.6 is 0 Å². The summed E-state index contributed by atoms with van der Waals surface area (Å²) in [5.74, 6) is 0. The Bertz CT molecular complexity index is 94.3. The molecule has 18 heteroatoms. The second-order valence-corrected chi connectivity index (χ2v) is 1.34. The van der Waals surface area contributed by atoms with Gasteiger partial charge in [-0.05, 0) is 0 Å². The van der Waals surface area contributed by atoms with E-state index in [2.05, 4.69) is 0 Å². The van der Waals surface area contributed by atoms with Gasteiger partial charge in [0, 0.05) is 17.1 Å². The predicted molar refractivity (Wildman–Crippen MR) is 57.5 cm³/mol. The standard InChI is InChI=1S/Cu.H2O4S.12H2O/c;1-5(2,3)4;;;;;;;;;;;;/h;(H2,1,2,3,4);12*1H2. The van der Waals surface area contributed by atoms with Gasteiger partial charge in [-0.15, -0.1) is 0 Å². The first-order valence-corrected chi connectivity index (χ1v) is 2.10. The van der Waals surface area contributed by atoms with Crippen molar-refractivity contribution < 1.29 is 100 Å². The molecule has 26 N–H and O–H groups in total. The van der Waals surface area contributed by atoms with Crippen molar-refractivity contribution >= 4 is 10.4 Å². The summed E-state index contributed by atoms with van der Waals surface area (Å²) >= 11 is 0. The van der Waals surface area contributed by atoms with Gasteiger partial charge in [-0.2, -0.15) is 8.42 Å². The van der Waals surface area contributed by atoms with Crippen LogP contribution in [0.2, 0.25) is 0 Å². The van der Waals surface area contributed by atoms with Crippen molar-refractivity contribution in [2.24, 2.45) is 0 Å². The zero-order valence-electron chi connectivity index (χ0n) is 8.42. The molecule has 0 aliphatic heterocycles. The molecule has 0 saturated carbocycles. The quantitative estimate of drug-likeness (QED) is 0.306. The number of hydrogen-bond acceptors (Lipinski definition) is 2. The van der Waals surface area contributed by atoms with Crippen LogP contribution in [0.4, 0.5) is 0 Å². The molecule has 0 spiro atoms. The van der Waals surface area contributed by atoms with E-state index in [4.69, 9.17) is 17.5 Å². The maximum absolute atomic E-state index is 8.74. The molecular weight excluding hydrogens is 352 g/mol. The summed E-state index contributed by atoms with van der Waals surface area (Å²) < 4.78 is 31.6. The molecule has 0 heterocycles. The summed E-state index contributed by atoms with van der Waals surface area (Å²) in [5.41, 5.74) is 0. The van der Waals surface area contributed by atoms with E-state index in [1.807, 2.05) is 0 Å². The Kier molecular flexibility index (Phi) is 2280. The minimum Gasteiger partial charge on any atom is -0.412 e. The Morgan fingerprint density at radius 1 is 0.444 bits per heavy atom. The van der Waals surface area contributed by atoms with Gasteiger partial charge >= 0.3 is 10.4 Å². The Morgan fingerprint density at radius 2 is 0.444 bits per heavy atom. The van der Waals surface area contributed by atoms with Crippen molar-refractivity contribution in [3.63, 3.8) is 0 Å². The van der Waals surface area contributed by atoms with Crippen molar-refractivity contribution in [2.45, 2.75) is 0 Å². The van der Waals surface area contributed by atoms with E-state index in [-0.39, 0.29) is 82.8 Å². The molecule has 0 rings (SSSR count). The summed E-state index contributed by atoms with van der Waals surface area (Å²) in [4.78, 5) is 0. The van der Waals surface area contributed by atoms with Crippen molar-refractivity contribution in [1.82, 2.24) is 0 Å². The molecule has 0 aromatic heterocycles. The first-order valence-electron chi connectivity index (χ1n) is 0.698. The van der Waals surface area contributed by atoms with Crippen LogP contribution in [0.15, 0.2) is 0 Å². The molecule has 0 amide bonds. The van der Waals surface area contributed by atoms with Crippen molar-refractivity contribution in [3.05, 3.63) is 0 Å². The monoisotopic (exact) mass is 377 g/mol. The third kappa shape index (κ3) is 432000. The summed E-state index contributed by atoms with van der Waals surface area (Å²) in [7, 11) is -4.67. The molecule has 0 fully saturated rings. The molecule has 16 nitrogen and oxygen atoms in total. The Hall–Kier alpha value is -0.0905. The molecule has 0 aliphatic rings. The van der Waals surface area contributed by atoms with Crippen molar-refractivity contribution in [2.75, 3.05) is 0 Å². The van der Waals surface area contributed by atoms with Gasteiger partial charge in [0.1, 0.15) is 0 Å². The molecular formula is H26CuO16S. The van der Waals surface area contributed by atoms with Crippen LogP contribution in [0, 0.1) is 0 Å². The zero-order valence-corrected chi connectivity index (χ0v) is 10.2. The van der Waals surface area contributed by atoms with Gasteiger partial charge in [0.2, 0.25) is 0 Å². The van der Waals surface area contributed by atoms with Crippen LogP contribution in [-0.4, -0.2) is 83.2 Å². The summed E-state index contributed by atoms with van der Waals surface area (Å²) in [6.07, 6.45) is 0. The van der Waals surface area contributed by atoms with Crippen LogP contribution in [0.1, 0.15) is 0 Å². The fourth-order valence-electron chi connectivity index (χ4n) is 0. The first kappa shape index (κ1) is 335. The van der Waals surface area contributed by atoms with E-state index in [0.29, 0.717) is 0 Å². The van der Waals surface area contributed by atoms with E-state index in [0.717, 1.165) is 0 Å². The van der Waals surface area contributed by atoms with Gasteiger partial charge in [0.05, 0.1) is 0 Å². The molecule has 18 heavy (non-hydrogen) atoms. The Balaban J connectivity index is -0.00000000103. The second kappa shape index (κ2) is 123. The number of rotatable bonds is 0. The van der Waals surface area contributed by atoms with Crippen LogP contribution in [0.3, 0.4) is 0 Å². The van der Waals surface area contributed by atoms with Crippen LogP contribution in [0.25, 0.3) is 0 Å². The minimum atomic E-state index is -4.67. The largest absolute Gasteiger partial charge is 0.412 e. The normalized spacial score (nSPS) is 3.22. The summed E-state index contributed by atoms with van der Waals surface area (Å²) in [6.45, 7) is 0. The maximum Gasteiger partial charge on any atom is 0.394 e. The van der Waals surface area contributed by atoms with Gasteiger partial charge in [-0.3, -0.25) is 9.11 Å². The fraction of sp³-hybridized carbons (Fsp3) is 0. The van der Waals surface area contributed by atoms with E-state index in [9.17, 15) is 0 Å². The summed E-state index contributed by atoms with van der Waals surface area (Å²) in [6, 6.07) is 0. The molecule has 1 radical (unpaired) electrons. The second-order valence-electron chi connectivity index (χ2n) is 0.448. The minimum absolute atomic E-state index is 0. The van der Waals surface area contributed by atoms with E-state index >= 15 is 0 Å². The van der Waals surface area contributed by atoms with Gasteiger partial charge in [0.15, 0.2) is 0 Å². The Labute approximate surface area is 111 Å². The third-order valence-corrected chi connectivity index (χ3v) is 0. The average molecular weight is 378 g/mol. The first-order chi connectivity index (χ1) is 2.00. The fourth-order valence-corrected chi connectivity index (χ4v) is 0. The molecule has 139 valence electrons. The van der Waals surface area contributed by atoms with Gasteiger partial charge in [0.25, 0.3) is 0 Å². The molecule has 0 bridgehead atoms. The van der Waals surface area contributed by atoms with E-state index < -0.39 is 10.4 Å². The molecule has 0 atom stereocenters. The smallest absolute Gasteiger partial charge is 0.394 e. The zero-order chi connectivity index (χ0) is 4.50. The van der Waals surface area contributed by atoms with Gasteiger partial charge < -0.3 is 65.7 Å². The van der Waals surface area contributed by atoms with Crippen LogP contribution < -0.4 is 0 Å². The summed E-state index contributed by atoms with van der Waals surface area (Å²) in [5, 5.41) is 0. The molecule has 0 unspecified atom stereocenters. The maximum atomic E-state index is 8.74. The van der Waals surface area contributed by atoms with Crippen molar-refractivity contribution in [3.8, 4) is 0 Å². The molecule has 0 aromatic carbocycles. The van der Waals surface area contributed by atoms with E-state index in [1.54, 1.807) is 0 Å². The van der Waals surface area contributed by atoms with Gasteiger partial charge in [-0.25, -0.2) is 0 Å². The van der Waals surface area contributed by atoms with Crippen LogP contribution in [-0.2, 0) is 27.5 Å². The van der Waals surface area contributed by atoms with Crippen LogP contribution in [0.5, 0.6) is 0 Å². The molecule has 0 aliphatic carbocycles. The molecule has 0 aromatic rings. The SMILES string of the molecule is O.O.O.O.O.O.O.O.O.O.O.O.O=S(=O)(O)O.[Cu].